The van der Waals surface area contributed by atoms with Crippen LogP contribution in [0.25, 0.3) is 0 Å². The second-order valence-corrected chi connectivity index (χ2v) is 4.90. The Morgan fingerprint density at radius 3 is 2.86 bits per heavy atom. The average molecular weight is 304 g/mol. The van der Waals surface area contributed by atoms with E-state index < -0.39 is 5.97 Å². The van der Waals surface area contributed by atoms with E-state index in [1.807, 2.05) is 19.3 Å². The van der Waals surface area contributed by atoms with E-state index in [2.05, 4.69) is 16.1 Å². The molecule has 0 aliphatic carbocycles. The number of methoxy groups -OCH3 is 1. The van der Waals surface area contributed by atoms with Crippen LogP contribution in [0.1, 0.15) is 21.6 Å². The largest absolute Gasteiger partial charge is 0.465 e. The van der Waals surface area contributed by atoms with Crippen LogP contribution < -0.4 is 5.32 Å². The second kappa shape index (κ2) is 6.33. The minimum atomic E-state index is -0.477. The predicted molar refractivity (Wildman–Crippen MR) is 80.2 cm³/mol. The van der Waals surface area contributed by atoms with Crippen LogP contribution in [-0.2, 0) is 18.3 Å². The second-order valence-electron chi connectivity index (χ2n) is 4.50. The van der Waals surface area contributed by atoms with Crippen LogP contribution in [0.4, 0.5) is 5.69 Å². The summed E-state index contributed by atoms with van der Waals surface area (Å²) in [6, 6.07) is 8.98. The summed E-state index contributed by atoms with van der Waals surface area (Å²) in [7, 11) is 3.13. The maximum atomic E-state index is 11.6. The van der Waals surface area contributed by atoms with Gasteiger partial charge in [-0.25, -0.2) is 4.79 Å². The summed E-state index contributed by atoms with van der Waals surface area (Å²) in [5, 5.41) is 12.4. The van der Waals surface area contributed by atoms with Gasteiger partial charge in [-0.1, -0.05) is 11.6 Å². The number of nitriles is 1. The smallest absolute Gasteiger partial charge is 0.339 e. The van der Waals surface area contributed by atoms with E-state index in [0.29, 0.717) is 22.8 Å². The molecule has 1 heterocycles. The zero-order valence-electron chi connectivity index (χ0n) is 11.7. The number of aromatic nitrogens is 1. The standard InChI is InChI=1S/C15H14ClN3O2/c1-19-9-10(5-12(19)7-17)8-18-11-3-4-14(16)13(6-11)15(20)21-2/h3-6,9,18H,8H2,1-2H3. The Bertz CT molecular complexity index is 716. The molecule has 0 aliphatic rings. The molecule has 2 rings (SSSR count). The number of anilines is 1. The van der Waals surface area contributed by atoms with E-state index in [-0.39, 0.29) is 0 Å². The number of carbonyl (C=O) groups is 1. The third kappa shape index (κ3) is 3.36. The molecule has 0 spiro atoms. The molecule has 0 atom stereocenters. The highest BCUT2D eigenvalue weighted by atomic mass is 35.5. The summed E-state index contributed by atoms with van der Waals surface area (Å²) in [4.78, 5) is 11.6. The minimum absolute atomic E-state index is 0.315. The number of aryl methyl sites for hydroxylation is 1. The molecule has 2 aromatic rings. The van der Waals surface area contributed by atoms with Crippen LogP contribution >= 0.6 is 11.6 Å². The number of ether oxygens (including phenoxy) is 1. The fourth-order valence-corrected chi connectivity index (χ4v) is 2.14. The van der Waals surface area contributed by atoms with E-state index >= 15 is 0 Å². The lowest BCUT2D eigenvalue weighted by atomic mass is 10.2. The van der Waals surface area contributed by atoms with Crippen LogP contribution in [0.15, 0.2) is 30.5 Å². The Kier molecular flexibility index (Phi) is 4.51. The summed E-state index contributed by atoms with van der Waals surface area (Å²) < 4.78 is 6.44. The summed E-state index contributed by atoms with van der Waals surface area (Å²) in [5.41, 5.74) is 2.64. The zero-order chi connectivity index (χ0) is 15.4. The van der Waals surface area contributed by atoms with Crippen molar-refractivity contribution in [2.24, 2.45) is 7.05 Å². The fourth-order valence-electron chi connectivity index (χ4n) is 1.95. The van der Waals surface area contributed by atoms with Crippen molar-refractivity contribution in [3.05, 3.63) is 52.3 Å². The van der Waals surface area contributed by atoms with Gasteiger partial charge in [0.05, 0.1) is 17.7 Å². The van der Waals surface area contributed by atoms with Crippen LogP contribution in [0.5, 0.6) is 0 Å². The first-order valence-electron chi connectivity index (χ1n) is 6.22. The van der Waals surface area contributed by atoms with Crippen LogP contribution in [0.3, 0.4) is 0 Å². The van der Waals surface area contributed by atoms with Crippen LogP contribution in [0.2, 0.25) is 5.02 Å². The van der Waals surface area contributed by atoms with Gasteiger partial charge in [0.1, 0.15) is 11.8 Å². The number of hydrogen-bond donors (Lipinski definition) is 1. The highest BCUT2D eigenvalue weighted by molar-refractivity contribution is 6.33. The number of hydrogen-bond acceptors (Lipinski definition) is 4. The number of nitrogens with one attached hydrogen (secondary N) is 1. The lowest BCUT2D eigenvalue weighted by Crippen LogP contribution is -2.04. The first-order chi connectivity index (χ1) is 10.0. The Hall–Kier alpha value is -2.45. The molecule has 6 heteroatoms. The van der Waals surface area contributed by atoms with Crippen LogP contribution in [-0.4, -0.2) is 17.6 Å². The molecule has 0 saturated carbocycles. The molecule has 0 bridgehead atoms. The maximum Gasteiger partial charge on any atom is 0.339 e. The number of benzene rings is 1. The maximum absolute atomic E-state index is 11.6. The Morgan fingerprint density at radius 2 is 2.24 bits per heavy atom. The summed E-state index contributed by atoms with van der Waals surface area (Å²) in [6.45, 7) is 0.539. The first-order valence-corrected chi connectivity index (χ1v) is 6.60. The minimum Gasteiger partial charge on any atom is -0.465 e. The van der Waals surface area contributed by atoms with Gasteiger partial charge in [-0.15, -0.1) is 0 Å². The van der Waals surface area contributed by atoms with Crippen molar-refractivity contribution in [1.82, 2.24) is 4.57 Å². The topological polar surface area (TPSA) is 67.0 Å². The Labute approximate surface area is 127 Å². The molecule has 21 heavy (non-hydrogen) atoms. The van der Waals surface area contributed by atoms with Gasteiger partial charge in [-0.05, 0) is 29.8 Å². The third-order valence-corrected chi connectivity index (χ3v) is 3.37. The van der Waals surface area contributed by atoms with E-state index in [9.17, 15) is 4.79 Å². The average Bonchev–Trinajstić information content (AvgIpc) is 2.85. The van der Waals surface area contributed by atoms with Crippen molar-refractivity contribution >= 4 is 23.3 Å². The van der Waals surface area contributed by atoms with Gasteiger partial charge < -0.3 is 14.6 Å². The Balaban J connectivity index is 2.13. The normalized spacial score (nSPS) is 10.0. The van der Waals surface area contributed by atoms with Crippen molar-refractivity contribution in [2.75, 3.05) is 12.4 Å². The third-order valence-electron chi connectivity index (χ3n) is 3.04. The quantitative estimate of drug-likeness (QED) is 0.882. The predicted octanol–water partition coefficient (Wildman–Crippen LogP) is 2.95. The van der Waals surface area contributed by atoms with Crippen molar-refractivity contribution in [1.29, 1.82) is 5.26 Å². The van der Waals surface area contributed by atoms with Gasteiger partial charge in [0, 0.05) is 25.5 Å². The monoisotopic (exact) mass is 303 g/mol. The van der Waals surface area contributed by atoms with Crippen molar-refractivity contribution < 1.29 is 9.53 Å². The van der Waals surface area contributed by atoms with Gasteiger partial charge in [-0.3, -0.25) is 0 Å². The number of halogens is 1. The molecule has 0 unspecified atom stereocenters. The van der Waals surface area contributed by atoms with Gasteiger partial charge >= 0.3 is 5.97 Å². The number of nitrogens with zero attached hydrogens (tertiary/aromatic N) is 2. The van der Waals surface area contributed by atoms with Gasteiger partial charge in [-0.2, -0.15) is 5.26 Å². The lowest BCUT2D eigenvalue weighted by molar-refractivity contribution is 0.0601. The lowest BCUT2D eigenvalue weighted by Gasteiger charge is -2.08. The van der Waals surface area contributed by atoms with Gasteiger partial charge in [0.2, 0.25) is 0 Å². The molecule has 108 valence electrons. The highest BCUT2D eigenvalue weighted by Crippen LogP contribution is 2.22. The fraction of sp³-hybridized carbons (Fsp3) is 0.200. The molecular weight excluding hydrogens is 290 g/mol. The number of esters is 1. The summed E-state index contributed by atoms with van der Waals surface area (Å²) in [6.07, 6.45) is 1.88. The molecule has 1 aromatic heterocycles. The molecule has 1 aromatic carbocycles. The molecule has 1 N–H and O–H groups in total. The Morgan fingerprint density at radius 1 is 1.48 bits per heavy atom. The van der Waals surface area contributed by atoms with Crippen molar-refractivity contribution in [2.45, 2.75) is 6.54 Å². The number of rotatable bonds is 4. The molecule has 5 nitrogen and oxygen atoms in total. The molecule has 0 fully saturated rings. The summed E-state index contributed by atoms with van der Waals surface area (Å²) in [5.74, 6) is -0.477. The highest BCUT2D eigenvalue weighted by Gasteiger charge is 2.11. The SMILES string of the molecule is COC(=O)c1cc(NCc2cc(C#N)n(C)c2)ccc1Cl. The van der Waals surface area contributed by atoms with Crippen molar-refractivity contribution in [3.8, 4) is 6.07 Å². The van der Waals surface area contributed by atoms with E-state index in [1.165, 1.54) is 7.11 Å². The first kappa shape index (κ1) is 14.9. The number of carbonyl (C=O) groups excluding carboxylic acids is 1. The molecule has 0 saturated heterocycles. The van der Waals surface area contributed by atoms with Crippen LogP contribution in [0, 0.1) is 11.3 Å². The van der Waals surface area contributed by atoms with Gasteiger partial charge in [0.25, 0.3) is 0 Å². The molecule has 0 aliphatic heterocycles. The molecular formula is C15H14ClN3O2. The van der Waals surface area contributed by atoms with E-state index in [1.54, 1.807) is 22.8 Å². The van der Waals surface area contributed by atoms with Crippen molar-refractivity contribution in [3.63, 3.8) is 0 Å². The summed E-state index contributed by atoms with van der Waals surface area (Å²) >= 11 is 5.96. The van der Waals surface area contributed by atoms with E-state index in [0.717, 1.165) is 11.3 Å². The zero-order valence-corrected chi connectivity index (χ0v) is 12.4. The van der Waals surface area contributed by atoms with E-state index in [4.69, 9.17) is 16.9 Å². The molecule has 0 radical (unpaired) electrons. The van der Waals surface area contributed by atoms with Gasteiger partial charge in [0.15, 0.2) is 0 Å². The molecule has 0 amide bonds.